The lowest BCUT2D eigenvalue weighted by molar-refractivity contribution is -0.0978. The maximum Gasteiger partial charge on any atom is 0.167 e. The summed E-state index contributed by atoms with van der Waals surface area (Å²) in [4.78, 5) is 12.4. The predicted molar refractivity (Wildman–Crippen MR) is 97.7 cm³/mol. The molecule has 2 aromatic heterocycles. The molecule has 1 fully saturated rings. The number of hydrogen-bond acceptors (Lipinski definition) is 7. The number of nitrogens with zero attached hydrogens (tertiary/aromatic N) is 4. The van der Waals surface area contributed by atoms with Crippen LogP contribution < -0.4 is 5.73 Å². The third-order valence-electron chi connectivity index (χ3n) is 4.40. The van der Waals surface area contributed by atoms with Gasteiger partial charge in [-0.3, -0.25) is 4.57 Å². The van der Waals surface area contributed by atoms with Gasteiger partial charge in [-0.25, -0.2) is 15.0 Å². The Morgan fingerprint density at radius 2 is 2.00 bits per heavy atom. The second-order valence-corrected chi connectivity index (χ2v) is 11.1. The fraction of sp³-hybridized carbons (Fsp3) is 0.688. The van der Waals surface area contributed by atoms with Gasteiger partial charge in [0.2, 0.25) is 0 Å². The summed E-state index contributed by atoms with van der Waals surface area (Å²) in [5.74, 6) is 0.313. The zero-order valence-corrected chi connectivity index (χ0v) is 16.8. The maximum atomic E-state index is 10.6. The number of nitrogens with two attached hydrogens (primary N) is 1. The topological polar surface area (TPSA) is 108 Å². The van der Waals surface area contributed by atoms with Gasteiger partial charge in [-0.15, -0.1) is 0 Å². The molecule has 0 saturated carbocycles. The Kier molecular flexibility index (Phi) is 4.61. The fourth-order valence-electron chi connectivity index (χ4n) is 2.90. The summed E-state index contributed by atoms with van der Waals surface area (Å²) in [6.07, 6.45) is 2.02. The van der Waals surface area contributed by atoms with Gasteiger partial charge in [0, 0.05) is 6.42 Å². The molecule has 0 unspecified atom stereocenters. The number of imidazole rings is 1. The first-order valence-electron chi connectivity index (χ1n) is 8.49. The van der Waals surface area contributed by atoms with Crippen molar-refractivity contribution in [3.8, 4) is 0 Å². The summed E-state index contributed by atoms with van der Waals surface area (Å²) in [7, 11) is -0.731. The first-order valence-corrected chi connectivity index (χ1v) is 9.77. The molecule has 2 aromatic rings. The predicted octanol–water partition coefficient (Wildman–Crippen LogP) is 1.15. The monoisotopic (exact) mass is 365 g/mol. The van der Waals surface area contributed by atoms with Crippen LogP contribution >= 0.6 is 0 Å². The third-order valence-corrected chi connectivity index (χ3v) is 6.16. The summed E-state index contributed by atoms with van der Waals surface area (Å²) in [6.45, 7) is 10.6. The maximum absolute atomic E-state index is 10.6. The SMILES string of the molecule is CC(C)(C)[SiH2]OC(C)(C)[C@H]1C[C@H](O)[C@H](n2cnc3c(N)ncnc32)O1. The van der Waals surface area contributed by atoms with Crippen molar-refractivity contribution < 1.29 is 14.3 Å². The van der Waals surface area contributed by atoms with E-state index >= 15 is 0 Å². The summed E-state index contributed by atoms with van der Waals surface area (Å²) in [6, 6.07) is 0. The number of anilines is 1. The van der Waals surface area contributed by atoms with E-state index < -0.39 is 27.7 Å². The molecule has 3 rings (SSSR count). The van der Waals surface area contributed by atoms with Crippen molar-refractivity contribution in [2.45, 2.75) is 70.1 Å². The molecule has 9 heteroatoms. The number of aliphatic hydroxyl groups is 1. The zero-order chi connectivity index (χ0) is 18.4. The normalized spacial score (nSPS) is 25.4. The quantitative estimate of drug-likeness (QED) is 0.783. The van der Waals surface area contributed by atoms with E-state index in [4.69, 9.17) is 14.9 Å². The lowest BCUT2D eigenvalue weighted by Crippen LogP contribution is -2.41. The van der Waals surface area contributed by atoms with Crippen LogP contribution in [-0.4, -0.2) is 52.2 Å². The van der Waals surface area contributed by atoms with E-state index in [9.17, 15) is 5.11 Å². The van der Waals surface area contributed by atoms with Gasteiger partial charge in [0.05, 0.1) is 18.0 Å². The first kappa shape index (κ1) is 18.2. The second kappa shape index (κ2) is 6.31. The number of ether oxygens (including phenoxy) is 1. The molecule has 3 atom stereocenters. The van der Waals surface area contributed by atoms with Crippen LogP contribution in [0.25, 0.3) is 11.2 Å². The highest BCUT2D eigenvalue weighted by atomic mass is 28.2. The third kappa shape index (κ3) is 3.69. The number of aliphatic hydroxyl groups excluding tert-OH is 1. The summed E-state index contributed by atoms with van der Waals surface area (Å²) in [5, 5.41) is 10.8. The number of aromatic nitrogens is 4. The number of nitrogen functional groups attached to an aromatic ring is 1. The van der Waals surface area contributed by atoms with Crippen LogP contribution in [0.3, 0.4) is 0 Å². The number of hydrogen-bond donors (Lipinski definition) is 2. The Balaban J connectivity index is 1.80. The second-order valence-electron chi connectivity index (χ2n) is 8.35. The van der Waals surface area contributed by atoms with Crippen LogP contribution in [0.5, 0.6) is 0 Å². The number of rotatable bonds is 4. The zero-order valence-electron chi connectivity index (χ0n) is 15.4. The molecule has 25 heavy (non-hydrogen) atoms. The van der Waals surface area contributed by atoms with Gasteiger partial charge >= 0.3 is 0 Å². The van der Waals surface area contributed by atoms with E-state index in [0.717, 1.165) is 0 Å². The van der Waals surface area contributed by atoms with Crippen molar-refractivity contribution in [3.05, 3.63) is 12.7 Å². The first-order chi connectivity index (χ1) is 11.6. The standard InChI is InChI=1S/C16H27N5O3Si/c1-15(2,3)25-24-16(4,5)10-6-9(22)14(23-10)21-8-20-11-12(17)18-7-19-13(11)21/h7-10,14,22H,6,25H2,1-5H3,(H2,17,18,19)/t9-,10+,14+/m0/s1. The molecule has 0 aliphatic carbocycles. The van der Waals surface area contributed by atoms with Crippen molar-refractivity contribution in [2.75, 3.05) is 5.73 Å². The van der Waals surface area contributed by atoms with Crippen molar-refractivity contribution in [1.29, 1.82) is 0 Å². The van der Waals surface area contributed by atoms with Crippen LogP contribution in [-0.2, 0) is 9.16 Å². The Morgan fingerprint density at radius 3 is 2.68 bits per heavy atom. The lowest BCUT2D eigenvalue weighted by atomic mass is 9.98. The van der Waals surface area contributed by atoms with Gasteiger partial charge in [0.1, 0.15) is 17.9 Å². The van der Waals surface area contributed by atoms with E-state index in [1.54, 1.807) is 10.9 Å². The van der Waals surface area contributed by atoms with Crippen molar-refractivity contribution in [3.63, 3.8) is 0 Å². The van der Waals surface area contributed by atoms with Crippen LogP contribution in [0.15, 0.2) is 12.7 Å². The molecule has 1 saturated heterocycles. The van der Waals surface area contributed by atoms with E-state index in [2.05, 4.69) is 35.7 Å². The molecule has 8 nitrogen and oxygen atoms in total. The summed E-state index contributed by atoms with van der Waals surface area (Å²) >= 11 is 0. The highest BCUT2D eigenvalue weighted by Gasteiger charge is 2.44. The minimum atomic E-state index is -0.731. The van der Waals surface area contributed by atoms with Crippen molar-refractivity contribution >= 4 is 26.7 Å². The van der Waals surface area contributed by atoms with E-state index in [1.165, 1.54) is 6.33 Å². The molecule has 1 aliphatic heterocycles. The smallest absolute Gasteiger partial charge is 0.167 e. The lowest BCUT2D eigenvalue weighted by Gasteiger charge is -2.34. The van der Waals surface area contributed by atoms with Crippen LogP contribution in [0.2, 0.25) is 5.04 Å². The minimum absolute atomic E-state index is 0.197. The number of fused-ring (bicyclic) bond motifs is 1. The van der Waals surface area contributed by atoms with E-state index in [-0.39, 0.29) is 11.1 Å². The Labute approximate surface area is 149 Å². The van der Waals surface area contributed by atoms with E-state index in [1.807, 2.05) is 13.8 Å². The largest absolute Gasteiger partial charge is 0.416 e. The molecule has 138 valence electrons. The van der Waals surface area contributed by atoms with Gasteiger partial charge in [-0.2, -0.15) is 0 Å². The Hall–Kier alpha value is -1.55. The van der Waals surface area contributed by atoms with Gasteiger partial charge in [0.15, 0.2) is 27.5 Å². The molecule has 0 spiro atoms. The minimum Gasteiger partial charge on any atom is -0.416 e. The Bertz CT molecular complexity index is 758. The fourth-order valence-corrected chi connectivity index (χ4v) is 3.89. The van der Waals surface area contributed by atoms with Crippen LogP contribution in [0, 0.1) is 0 Å². The summed E-state index contributed by atoms with van der Waals surface area (Å²) < 4.78 is 14.1. The van der Waals surface area contributed by atoms with Crippen molar-refractivity contribution in [2.24, 2.45) is 0 Å². The van der Waals surface area contributed by atoms with Gasteiger partial charge in [-0.1, -0.05) is 20.8 Å². The molecule has 1 aliphatic rings. The highest BCUT2D eigenvalue weighted by molar-refractivity contribution is 6.31. The molecule has 0 bridgehead atoms. The van der Waals surface area contributed by atoms with Crippen molar-refractivity contribution in [1.82, 2.24) is 19.5 Å². The molecular formula is C16H27N5O3Si. The van der Waals surface area contributed by atoms with Gasteiger partial charge in [0.25, 0.3) is 0 Å². The average molecular weight is 366 g/mol. The Morgan fingerprint density at radius 1 is 1.28 bits per heavy atom. The molecule has 3 N–H and O–H groups in total. The van der Waals surface area contributed by atoms with Gasteiger partial charge in [-0.05, 0) is 18.9 Å². The van der Waals surface area contributed by atoms with Gasteiger partial charge < -0.3 is 20.0 Å². The highest BCUT2D eigenvalue weighted by Crippen LogP contribution is 2.38. The van der Waals surface area contributed by atoms with Crippen LogP contribution in [0.1, 0.15) is 47.3 Å². The average Bonchev–Trinajstić information content (AvgIpc) is 3.09. The van der Waals surface area contributed by atoms with E-state index in [0.29, 0.717) is 23.4 Å². The molecule has 0 radical (unpaired) electrons. The molecule has 0 amide bonds. The molecular weight excluding hydrogens is 338 g/mol. The van der Waals surface area contributed by atoms with Crippen LogP contribution in [0.4, 0.5) is 5.82 Å². The molecule has 3 heterocycles. The summed E-state index contributed by atoms with van der Waals surface area (Å²) in [5.41, 5.74) is 6.44. The molecule has 0 aromatic carbocycles.